The average molecular weight is 346 g/mol. The smallest absolute Gasteiger partial charge is 0.325 e. The first kappa shape index (κ1) is 19.0. The normalized spacial score (nSPS) is 14.6. The Kier molecular flexibility index (Phi) is 7.44. The number of para-hydroxylation sites is 1. The summed E-state index contributed by atoms with van der Waals surface area (Å²) in [5.41, 5.74) is 0.761. The lowest BCUT2D eigenvalue weighted by molar-refractivity contribution is -0.148. The molecule has 0 spiro atoms. The number of esters is 1. The number of amides is 2. The number of hydrogen-bond donors (Lipinski definition) is 1. The monoisotopic (exact) mass is 346 g/mol. The van der Waals surface area contributed by atoms with Crippen LogP contribution in [0.5, 0.6) is 0 Å². The zero-order valence-electron chi connectivity index (χ0n) is 14.7. The maximum atomic E-state index is 12.2. The molecule has 0 unspecified atom stereocenters. The zero-order chi connectivity index (χ0) is 18.1. The van der Waals surface area contributed by atoms with Gasteiger partial charge in [-0.15, -0.1) is 0 Å². The molecule has 25 heavy (non-hydrogen) atoms. The van der Waals surface area contributed by atoms with Gasteiger partial charge < -0.3 is 15.0 Å². The molecule has 0 heterocycles. The van der Waals surface area contributed by atoms with Crippen LogP contribution in [0.3, 0.4) is 0 Å². The Balaban J connectivity index is 1.73. The first-order chi connectivity index (χ1) is 12.1. The predicted molar refractivity (Wildman–Crippen MR) is 95.0 cm³/mol. The van der Waals surface area contributed by atoms with E-state index in [1.165, 1.54) is 6.42 Å². The standard InChI is InChI=1S/C19H26N2O4/c1-2-21(16-11-7-4-8-12-16)17(22)14-25-18(23)13-20-19(24)15-9-5-3-6-10-15/h4,7-8,11-12,15H,2-3,5-6,9-10,13-14H2,1H3,(H,20,24). The summed E-state index contributed by atoms with van der Waals surface area (Å²) in [7, 11) is 0. The van der Waals surface area contributed by atoms with Crippen molar-refractivity contribution in [2.75, 3.05) is 24.6 Å². The lowest BCUT2D eigenvalue weighted by Crippen LogP contribution is -2.38. The van der Waals surface area contributed by atoms with Crippen LogP contribution < -0.4 is 10.2 Å². The molecule has 0 atom stereocenters. The van der Waals surface area contributed by atoms with Gasteiger partial charge in [0.1, 0.15) is 6.54 Å². The second-order valence-electron chi connectivity index (χ2n) is 6.19. The van der Waals surface area contributed by atoms with Gasteiger partial charge in [-0.05, 0) is 31.9 Å². The Bertz CT molecular complexity index is 582. The van der Waals surface area contributed by atoms with Gasteiger partial charge in [-0.3, -0.25) is 14.4 Å². The minimum absolute atomic E-state index is 0.00292. The van der Waals surface area contributed by atoms with Crippen molar-refractivity contribution in [2.24, 2.45) is 5.92 Å². The Hall–Kier alpha value is -2.37. The minimum Gasteiger partial charge on any atom is -0.454 e. The highest BCUT2D eigenvalue weighted by atomic mass is 16.5. The average Bonchev–Trinajstić information content (AvgIpc) is 2.66. The molecule has 0 aromatic heterocycles. The number of carbonyl (C=O) groups excluding carboxylic acids is 3. The summed E-state index contributed by atoms with van der Waals surface area (Å²) < 4.78 is 5.00. The van der Waals surface area contributed by atoms with Crippen molar-refractivity contribution < 1.29 is 19.1 Å². The quantitative estimate of drug-likeness (QED) is 0.769. The van der Waals surface area contributed by atoms with Crippen LogP contribution in [0, 0.1) is 5.92 Å². The fraction of sp³-hybridized carbons (Fsp3) is 0.526. The third-order valence-corrected chi connectivity index (χ3v) is 4.42. The highest BCUT2D eigenvalue weighted by Crippen LogP contribution is 2.23. The van der Waals surface area contributed by atoms with Gasteiger partial charge in [0.15, 0.2) is 6.61 Å². The Morgan fingerprint density at radius 2 is 1.80 bits per heavy atom. The van der Waals surface area contributed by atoms with Crippen molar-refractivity contribution >= 4 is 23.5 Å². The number of rotatable bonds is 7. The molecule has 2 rings (SSSR count). The van der Waals surface area contributed by atoms with E-state index in [9.17, 15) is 14.4 Å². The van der Waals surface area contributed by atoms with E-state index in [1.54, 1.807) is 4.90 Å². The van der Waals surface area contributed by atoms with E-state index in [2.05, 4.69) is 5.32 Å². The van der Waals surface area contributed by atoms with Gasteiger partial charge in [0.2, 0.25) is 5.91 Å². The first-order valence-corrected chi connectivity index (χ1v) is 8.90. The van der Waals surface area contributed by atoms with Crippen molar-refractivity contribution in [1.29, 1.82) is 0 Å². The maximum Gasteiger partial charge on any atom is 0.325 e. The molecule has 0 bridgehead atoms. The number of anilines is 1. The molecule has 1 aliphatic carbocycles. The topological polar surface area (TPSA) is 75.7 Å². The molecule has 0 radical (unpaired) electrons. The summed E-state index contributed by atoms with van der Waals surface area (Å²) in [6, 6.07) is 9.22. The number of benzene rings is 1. The van der Waals surface area contributed by atoms with Crippen molar-refractivity contribution in [3.63, 3.8) is 0 Å². The number of hydrogen-bond acceptors (Lipinski definition) is 4. The molecule has 1 aromatic rings. The van der Waals surface area contributed by atoms with Crippen LogP contribution in [-0.2, 0) is 19.1 Å². The molecule has 2 amide bonds. The minimum atomic E-state index is -0.596. The maximum absolute atomic E-state index is 12.2. The molecule has 1 saturated carbocycles. The molecule has 1 fully saturated rings. The van der Waals surface area contributed by atoms with Gasteiger partial charge in [0, 0.05) is 18.2 Å². The van der Waals surface area contributed by atoms with Crippen LogP contribution >= 0.6 is 0 Å². The van der Waals surface area contributed by atoms with Crippen LogP contribution in [0.25, 0.3) is 0 Å². The van der Waals surface area contributed by atoms with E-state index in [0.29, 0.717) is 6.54 Å². The highest BCUT2D eigenvalue weighted by Gasteiger charge is 2.22. The van der Waals surface area contributed by atoms with Gasteiger partial charge in [-0.25, -0.2) is 0 Å². The van der Waals surface area contributed by atoms with Crippen molar-refractivity contribution in [3.8, 4) is 0 Å². The first-order valence-electron chi connectivity index (χ1n) is 8.90. The van der Waals surface area contributed by atoms with Crippen LogP contribution in [0.15, 0.2) is 30.3 Å². The molecule has 0 aliphatic heterocycles. The van der Waals surface area contributed by atoms with Gasteiger partial charge in [0.25, 0.3) is 5.91 Å². The molecular weight excluding hydrogens is 320 g/mol. The number of nitrogens with one attached hydrogen (secondary N) is 1. The largest absolute Gasteiger partial charge is 0.454 e. The van der Waals surface area contributed by atoms with Gasteiger partial charge in [-0.1, -0.05) is 37.5 Å². The van der Waals surface area contributed by atoms with Gasteiger partial charge in [-0.2, -0.15) is 0 Å². The van der Waals surface area contributed by atoms with E-state index < -0.39 is 5.97 Å². The molecule has 0 saturated heterocycles. The molecular formula is C19H26N2O4. The lowest BCUT2D eigenvalue weighted by Gasteiger charge is -2.21. The van der Waals surface area contributed by atoms with E-state index in [1.807, 2.05) is 37.3 Å². The zero-order valence-corrected chi connectivity index (χ0v) is 14.7. The van der Waals surface area contributed by atoms with E-state index in [4.69, 9.17) is 4.74 Å². The SMILES string of the molecule is CCN(C(=O)COC(=O)CNC(=O)C1CCCCC1)c1ccccc1. The molecule has 6 nitrogen and oxygen atoms in total. The molecule has 1 aromatic carbocycles. The Morgan fingerprint density at radius 1 is 1.12 bits per heavy atom. The second kappa shape index (κ2) is 9.81. The molecule has 1 aliphatic rings. The number of likely N-dealkylation sites (N-methyl/N-ethyl adjacent to an activating group) is 1. The molecule has 1 N–H and O–H groups in total. The summed E-state index contributed by atoms with van der Waals surface area (Å²) in [6.07, 6.45) is 5.04. The van der Waals surface area contributed by atoms with E-state index in [-0.39, 0.29) is 30.9 Å². The Labute approximate surface area is 148 Å². The number of nitrogens with zero attached hydrogens (tertiary/aromatic N) is 1. The summed E-state index contributed by atoms with van der Waals surface area (Å²) in [5.74, 6) is -0.985. The van der Waals surface area contributed by atoms with Crippen LogP contribution in [0.4, 0.5) is 5.69 Å². The van der Waals surface area contributed by atoms with Gasteiger partial charge >= 0.3 is 5.97 Å². The Morgan fingerprint density at radius 3 is 2.44 bits per heavy atom. The third-order valence-electron chi connectivity index (χ3n) is 4.42. The molecule has 6 heteroatoms. The fourth-order valence-electron chi connectivity index (χ4n) is 3.05. The van der Waals surface area contributed by atoms with E-state index in [0.717, 1.165) is 31.4 Å². The highest BCUT2D eigenvalue weighted by molar-refractivity contribution is 5.95. The lowest BCUT2D eigenvalue weighted by atomic mass is 9.89. The van der Waals surface area contributed by atoms with Crippen molar-refractivity contribution in [2.45, 2.75) is 39.0 Å². The van der Waals surface area contributed by atoms with Crippen molar-refractivity contribution in [3.05, 3.63) is 30.3 Å². The fourth-order valence-corrected chi connectivity index (χ4v) is 3.05. The number of ether oxygens (including phenoxy) is 1. The predicted octanol–water partition coefficient (Wildman–Crippen LogP) is 2.28. The summed E-state index contributed by atoms with van der Waals surface area (Å²) in [6.45, 7) is 1.82. The van der Waals surface area contributed by atoms with Gasteiger partial charge in [0.05, 0.1) is 0 Å². The van der Waals surface area contributed by atoms with E-state index >= 15 is 0 Å². The van der Waals surface area contributed by atoms with Crippen molar-refractivity contribution in [1.82, 2.24) is 5.32 Å². The van der Waals surface area contributed by atoms with Crippen LogP contribution in [-0.4, -0.2) is 37.5 Å². The van der Waals surface area contributed by atoms with Crippen LogP contribution in [0.1, 0.15) is 39.0 Å². The summed E-state index contributed by atoms with van der Waals surface area (Å²) in [5, 5.41) is 2.61. The summed E-state index contributed by atoms with van der Waals surface area (Å²) in [4.78, 5) is 37.5. The molecule has 136 valence electrons. The third kappa shape index (κ3) is 5.89. The van der Waals surface area contributed by atoms with Crippen LogP contribution in [0.2, 0.25) is 0 Å². The summed E-state index contributed by atoms with van der Waals surface area (Å²) >= 11 is 0. The number of carbonyl (C=O) groups is 3. The second-order valence-corrected chi connectivity index (χ2v) is 6.19.